The van der Waals surface area contributed by atoms with Gasteiger partial charge in [0.15, 0.2) is 0 Å². The molecule has 3 aromatic rings. The van der Waals surface area contributed by atoms with Crippen LogP contribution in [0.25, 0.3) is 0 Å². The minimum atomic E-state index is -1.06. The Labute approximate surface area is 338 Å². The van der Waals surface area contributed by atoms with Crippen molar-refractivity contribution in [3.05, 3.63) is 95.8 Å². The van der Waals surface area contributed by atoms with E-state index in [9.17, 15) is 9.59 Å². The lowest BCUT2D eigenvalue weighted by Crippen LogP contribution is -2.66. The maximum Gasteiger partial charge on any atom is 0.242 e. The highest BCUT2D eigenvalue weighted by molar-refractivity contribution is 5.89. The molecule has 0 aromatic heterocycles. The van der Waals surface area contributed by atoms with Gasteiger partial charge in [-0.1, -0.05) is 125 Å². The van der Waals surface area contributed by atoms with Gasteiger partial charge in [0.05, 0.1) is 42.4 Å². The molecule has 4 fully saturated rings. The van der Waals surface area contributed by atoms with Crippen molar-refractivity contribution in [3.63, 3.8) is 0 Å². The molecule has 2 saturated heterocycles. The van der Waals surface area contributed by atoms with Crippen LogP contribution >= 0.6 is 0 Å². The van der Waals surface area contributed by atoms with Crippen molar-refractivity contribution in [2.75, 3.05) is 11.9 Å². The number of rotatable bonds is 10. The van der Waals surface area contributed by atoms with Gasteiger partial charge in [-0.05, 0) is 69.2 Å². The lowest BCUT2D eigenvalue weighted by molar-refractivity contribution is -0.137. The summed E-state index contributed by atoms with van der Waals surface area (Å²) in [7, 11) is 0. The number of para-hydroxylation sites is 2. The Morgan fingerprint density at radius 2 is 1.49 bits per heavy atom. The minimum absolute atomic E-state index is 0.00887. The SMILES string of the molecule is C[C@H](NC(=O)[C@H](CC(=O)N1CCC[C@@H]1c1ccccc1)NC1(C2CCCCCCC2)Nc2ccccc2O1)C1NC(c2ccccc2F)C2(CCCCCCC2)N1. The summed E-state index contributed by atoms with van der Waals surface area (Å²) in [6.07, 6.45) is 16.7. The third-order valence-electron chi connectivity index (χ3n) is 13.7. The van der Waals surface area contributed by atoms with E-state index in [0.29, 0.717) is 12.1 Å². The van der Waals surface area contributed by atoms with Crippen LogP contribution in [-0.4, -0.2) is 52.9 Å². The molecule has 5 N–H and O–H groups in total. The summed E-state index contributed by atoms with van der Waals surface area (Å²) < 4.78 is 22.4. The van der Waals surface area contributed by atoms with Crippen molar-refractivity contribution in [1.82, 2.24) is 26.2 Å². The third kappa shape index (κ3) is 8.74. The Bertz CT molecular complexity index is 1780. The maximum atomic E-state index is 15.5. The number of benzene rings is 3. The quantitative estimate of drug-likeness (QED) is 0.140. The molecule has 9 nitrogen and oxygen atoms in total. The molecular weight excluding hydrogens is 716 g/mol. The van der Waals surface area contributed by atoms with Crippen LogP contribution in [-0.2, 0) is 9.59 Å². The fourth-order valence-electron chi connectivity index (χ4n) is 10.7. The van der Waals surface area contributed by atoms with Gasteiger partial charge in [-0.15, -0.1) is 0 Å². The first-order valence-electron chi connectivity index (χ1n) is 22.1. The second kappa shape index (κ2) is 17.9. The van der Waals surface area contributed by atoms with E-state index < -0.39 is 11.9 Å². The number of hydrogen-bond donors (Lipinski definition) is 5. The number of hydrogen-bond acceptors (Lipinski definition) is 7. The second-order valence-electron chi connectivity index (χ2n) is 17.5. The molecule has 1 spiro atoms. The number of carbonyl (C=O) groups is 2. The van der Waals surface area contributed by atoms with Crippen molar-refractivity contribution in [2.45, 2.75) is 158 Å². The van der Waals surface area contributed by atoms with Crippen LogP contribution in [0, 0.1) is 11.7 Å². The van der Waals surface area contributed by atoms with Gasteiger partial charge >= 0.3 is 0 Å². The average Bonchev–Trinajstić information content (AvgIpc) is 3.93. The fraction of sp³-hybridized carbons (Fsp3) is 0.574. The summed E-state index contributed by atoms with van der Waals surface area (Å²) in [6, 6.07) is 23.8. The fourth-order valence-corrected chi connectivity index (χ4v) is 10.7. The van der Waals surface area contributed by atoms with Crippen molar-refractivity contribution < 1.29 is 18.7 Å². The van der Waals surface area contributed by atoms with E-state index in [0.717, 1.165) is 94.1 Å². The minimum Gasteiger partial charge on any atom is -0.452 e. The number of amides is 2. The first kappa shape index (κ1) is 39.8. The molecule has 2 aliphatic carbocycles. The third-order valence-corrected chi connectivity index (χ3v) is 13.7. The second-order valence-corrected chi connectivity index (χ2v) is 17.5. The van der Waals surface area contributed by atoms with Crippen LogP contribution in [0.5, 0.6) is 5.75 Å². The molecule has 57 heavy (non-hydrogen) atoms. The predicted molar refractivity (Wildman–Crippen MR) is 223 cm³/mol. The Morgan fingerprint density at radius 1 is 0.825 bits per heavy atom. The molecule has 2 saturated carbocycles. The van der Waals surface area contributed by atoms with Gasteiger partial charge in [-0.25, -0.2) is 9.71 Å². The summed E-state index contributed by atoms with van der Waals surface area (Å²) in [5, 5.41) is 18.5. The molecule has 6 atom stereocenters. The molecule has 0 bridgehead atoms. The normalized spacial score (nSPS) is 27.5. The summed E-state index contributed by atoms with van der Waals surface area (Å²) in [4.78, 5) is 31.5. The van der Waals surface area contributed by atoms with E-state index in [4.69, 9.17) is 4.74 Å². The van der Waals surface area contributed by atoms with E-state index in [-0.39, 0.29) is 59.8 Å². The van der Waals surface area contributed by atoms with Crippen LogP contribution in [0.15, 0.2) is 78.9 Å². The van der Waals surface area contributed by atoms with Crippen molar-refractivity contribution in [2.24, 2.45) is 5.92 Å². The van der Waals surface area contributed by atoms with Crippen molar-refractivity contribution in [1.29, 1.82) is 0 Å². The van der Waals surface area contributed by atoms with Gasteiger partial charge in [-0.3, -0.25) is 20.2 Å². The van der Waals surface area contributed by atoms with Crippen molar-refractivity contribution >= 4 is 17.5 Å². The number of ether oxygens (including phenoxy) is 1. The maximum absolute atomic E-state index is 15.5. The number of carbonyl (C=O) groups excluding carboxylic acids is 2. The molecule has 2 amide bonds. The van der Waals surface area contributed by atoms with Crippen LogP contribution in [0.4, 0.5) is 10.1 Å². The molecule has 0 radical (unpaired) electrons. The molecule has 8 rings (SSSR count). The lowest BCUT2D eigenvalue weighted by atomic mass is 9.77. The predicted octanol–water partition coefficient (Wildman–Crippen LogP) is 8.60. The van der Waals surface area contributed by atoms with E-state index in [1.54, 1.807) is 12.1 Å². The summed E-state index contributed by atoms with van der Waals surface area (Å²) in [6.45, 7) is 2.67. The monoisotopic (exact) mass is 778 g/mol. The summed E-state index contributed by atoms with van der Waals surface area (Å²) in [5.74, 6) is -0.733. The number of halogens is 1. The van der Waals surface area contributed by atoms with Gasteiger partial charge < -0.3 is 20.3 Å². The summed E-state index contributed by atoms with van der Waals surface area (Å²) in [5.41, 5.74) is 2.34. The van der Waals surface area contributed by atoms with E-state index in [1.807, 2.05) is 66.4 Å². The zero-order chi connectivity index (χ0) is 39.2. The highest BCUT2D eigenvalue weighted by atomic mass is 19.1. The van der Waals surface area contributed by atoms with Gasteiger partial charge in [0.2, 0.25) is 17.7 Å². The van der Waals surface area contributed by atoms with Crippen LogP contribution in [0.3, 0.4) is 0 Å². The van der Waals surface area contributed by atoms with E-state index in [2.05, 4.69) is 38.7 Å². The number of anilines is 1. The Morgan fingerprint density at radius 3 is 2.23 bits per heavy atom. The molecule has 5 aliphatic rings. The molecule has 3 aromatic carbocycles. The van der Waals surface area contributed by atoms with Crippen LogP contribution in [0.1, 0.15) is 139 Å². The highest BCUT2D eigenvalue weighted by Gasteiger charge is 2.51. The highest BCUT2D eigenvalue weighted by Crippen LogP contribution is 2.44. The Kier molecular flexibility index (Phi) is 12.5. The number of likely N-dealkylation sites (tertiary alicyclic amines) is 1. The molecule has 306 valence electrons. The van der Waals surface area contributed by atoms with Crippen LogP contribution in [0.2, 0.25) is 0 Å². The number of nitrogens with one attached hydrogen (secondary N) is 5. The molecule has 10 heteroatoms. The number of fused-ring (bicyclic) bond motifs is 1. The zero-order valence-electron chi connectivity index (χ0n) is 33.7. The molecule has 3 heterocycles. The lowest BCUT2D eigenvalue weighted by Gasteiger charge is -2.41. The average molecular weight is 779 g/mol. The van der Waals surface area contributed by atoms with E-state index in [1.165, 1.54) is 25.7 Å². The van der Waals surface area contributed by atoms with Gasteiger partial charge in [0, 0.05) is 23.6 Å². The zero-order valence-corrected chi connectivity index (χ0v) is 33.7. The molecule has 3 aliphatic heterocycles. The van der Waals surface area contributed by atoms with Gasteiger partial charge in [0.1, 0.15) is 11.6 Å². The van der Waals surface area contributed by atoms with Gasteiger partial charge in [0.25, 0.3) is 0 Å². The first-order chi connectivity index (χ1) is 27.8. The Balaban J connectivity index is 1.08. The largest absolute Gasteiger partial charge is 0.452 e. The standard InChI is InChI=1S/C47H63FN6O3/c1-33(44-50-43(36-24-13-14-25-37(36)48)46(53-44)29-17-6-3-7-18-30-46)49-45(56)39(32-42(55)54-31-19-27-40(54)34-20-9-8-10-21-34)52-47(35-22-11-4-2-5-12-23-35)51-38-26-15-16-28-41(38)57-47/h8-10,13-16,20-21,24-26,28,33,35,39-40,43-44,50-53H,2-7,11-12,17-19,22-23,27,29-32H2,1H3,(H,49,56)/t33-,39-,40+,43?,44?,47?/m0/s1. The topological polar surface area (TPSA) is 107 Å². The van der Waals surface area contributed by atoms with Gasteiger partial charge in [-0.2, -0.15) is 0 Å². The smallest absolute Gasteiger partial charge is 0.242 e. The Hall–Kier alpha value is -3.99. The first-order valence-corrected chi connectivity index (χ1v) is 22.1. The van der Waals surface area contributed by atoms with Crippen molar-refractivity contribution in [3.8, 4) is 5.75 Å². The molecule has 3 unspecified atom stereocenters. The van der Waals surface area contributed by atoms with E-state index >= 15 is 4.39 Å². The molecular formula is C47H63FN6O3. The summed E-state index contributed by atoms with van der Waals surface area (Å²) >= 11 is 0. The van der Waals surface area contributed by atoms with Crippen LogP contribution < -0.4 is 31.3 Å². The number of nitrogens with zero attached hydrogens (tertiary/aromatic N) is 1.